The Bertz CT molecular complexity index is 845. The second-order valence-electron chi connectivity index (χ2n) is 4.59. The molecule has 0 atom stereocenters. The van der Waals surface area contributed by atoms with Gasteiger partial charge in [0.15, 0.2) is 0 Å². The molecule has 106 valence electrons. The molecule has 1 N–H and O–H groups in total. The number of halogens is 2. The van der Waals surface area contributed by atoms with Crippen LogP contribution in [0.15, 0.2) is 42.6 Å². The number of rotatable bonds is 3. The lowest BCUT2D eigenvalue weighted by atomic mass is 10.1. The van der Waals surface area contributed by atoms with E-state index in [2.05, 4.69) is 5.10 Å². The maximum Gasteiger partial charge on any atom is 0.336 e. The van der Waals surface area contributed by atoms with E-state index in [0.717, 1.165) is 5.56 Å². The predicted octanol–water partition coefficient (Wildman–Crippen LogP) is 3.58. The van der Waals surface area contributed by atoms with Crippen LogP contribution in [0.3, 0.4) is 0 Å². The highest BCUT2D eigenvalue weighted by atomic mass is 35.5. The molecule has 0 aliphatic carbocycles. The summed E-state index contributed by atoms with van der Waals surface area (Å²) in [7, 11) is 0. The van der Waals surface area contributed by atoms with Crippen molar-refractivity contribution in [1.82, 2.24) is 9.78 Å². The summed E-state index contributed by atoms with van der Waals surface area (Å²) in [5.41, 5.74) is 1.69. The summed E-state index contributed by atoms with van der Waals surface area (Å²) < 4.78 is 14.8. The molecule has 0 saturated carbocycles. The van der Waals surface area contributed by atoms with Gasteiger partial charge in [0, 0.05) is 5.39 Å². The SMILES string of the molecule is O=C(O)c1cccc2c1cnn2Cc1ccc(F)c(Cl)c1. The quantitative estimate of drug-likeness (QED) is 0.804. The Balaban J connectivity index is 2.03. The molecule has 1 heterocycles. The minimum atomic E-state index is -0.995. The predicted molar refractivity (Wildman–Crippen MR) is 77.2 cm³/mol. The van der Waals surface area contributed by atoms with E-state index < -0.39 is 11.8 Å². The third-order valence-electron chi connectivity index (χ3n) is 3.23. The minimum Gasteiger partial charge on any atom is -0.478 e. The van der Waals surface area contributed by atoms with E-state index in [1.54, 1.807) is 22.9 Å². The van der Waals surface area contributed by atoms with Crippen molar-refractivity contribution in [2.24, 2.45) is 0 Å². The Kier molecular flexibility index (Phi) is 3.35. The maximum absolute atomic E-state index is 13.2. The molecule has 4 nitrogen and oxygen atoms in total. The maximum atomic E-state index is 13.2. The van der Waals surface area contributed by atoms with Crippen LogP contribution in [0.4, 0.5) is 4.39 Å². The van der Waals surface area contributed by atoms with Gasteiger partial charge in [-0.15, -0.1) is 0 Å². The zero-order valence-corrected chi connectivity index (χ0v) is 11.5. The molecule has 6 heteroatoms. The summed E-state index contributed by atoms with van der Waals surface area (Å²) in [4.78, 5) is 11.2. The number of aromatic carboxylic acids is 1. The third kappa shape index (κ3) is 2.48. The normalized spacial score (nSPS) is 11.0. The average Bonchev–Trinajstić information content (AvgIpc) is 2.86. The number of benzene rings is 2. The van der Waals surface area contributed by atoms with E-state index >= 15 is 0 Å². The van der Waals surface area contributed by atoms with Gasteiger partial charge in [-0.3, -0.25) is 4.68 Å². The van der Waals surface area contributed by atoms with Crippen LogP contribution >= 0.6 is 11.6 Å². The smallest absolute Gasteiger partial charge is 0.336 e. The zero-order chi connectivity index (χ0) is 15.0. The van der Waals surface area contributed by atoms with Gasteiger partial charge < -0.3 is 5.11 Å². The van der Waals surface area contributed by atoms with Gasteiger partial charge in [-0.25, -0.2) is 9.18 Å². The summed E-state index contributed by atoms with van der Waals surface area (Å²) in [6.45, 7) is 0.382. The molecule has 0 spiro atoms. The Labute approximate surface area is 124 Å². The molecule has 0 radical (unpaired) electrons. The van der Waals surface area contributed by atoms with Gasteiger partial charge in [0.05, 0.1) is 28.8 Å². The van der Waals surface area contributed by atoms with Crippen molar-refractivity contribution in [3.63, 3.8) is 0 Å². The zero-order valence-electron chi connectivity index (χ0n) is 10.8. The largest absolute Gasteiger partial charge is 0.478 e. The van der Waals surface area contributed by atoms with Gasteiger partial charge in [-0.05, 0) is 29.8 Å². The molecule has 0 unspecified atom stereocenters. The lowest BCUT2D eigenvalue weighted by Crippen LogP contribution is -2.02. The highest BCUT2D eigenvalue weighted by Gasteiger charge is 2.12. The molecular weight excluding hydrogens is 295 g/mol. The number of aromatic nitrogens is 2. The first kappa shape index (κ1) is 13.6. The summed E-state index contributed by atoms with van der Waals surface area (Å²) in [6, 6.07) is 9.44. The Morgan fingerprint density at radius 3 is 2.86 bits per heavy atom. The van der Waals surface area contributed by atoms with E-state index in [-0.39, 0.29) is 10.6 Å². The number of hydrogen-bond donors (Lipinski definition) is 1. The molecule has 0 fully saturated rings. The highest BCUT2D eigenvalue weighted by Crippen LogP contribution is 2.21. The first-order valence-electron chi connectivity index (χ1n) is 6.18. The average molecular weight is 305 g/mol. The summed E-state index contributed by atoms with van der Waals surface area (Å²) in [5.74, 6) is -1.47. The standard InChI is InChI=1S/C15H10ClFN2O2/c16-12-6-9(4-5-13(12)17)8-19-14-3-1-2-10(15(20)21)11(14)7-18-19/h1-7H,8H2,(H,20,21). The van der Waals surface area contributed by atoms with Gasteiger partial charge in [-0.2, -0.15) is 5.10 Å². The van der Waals surface area contributed by atoms with E-state index in [0.29, 0.717) is 17.4 Å². The monoisotopic (exact) mass is 304 g/mol. The second kappa shape index (κ2) is 5.18. The molecule has 3 aromatic rings. The van der Waals surface area contributed by atoms with Crippen LogP contribution in [0.5, 0.6) is 0 Å². The molecule has 0 amide bonds. The molecule has 0 bridgehead atoms. The fourth-order valence-corrected chi connectivity index (χ4v) is 2.43. The van der Waals surface area contributed by atoms with E-state index in [1.165, 1.54) is 24.4 Å². The van der Waals surface area contributed by atoms with Crippen molar-refractivity contribution < 1.29 is 14.3 Å². The number of nitrogens with zero attached hydrogens (tertiary/aromatic N) is 2. The van der Waals surface area contributed by atoms with Crippen LogP contribution in [0.1, 0.15) is 15.9 Å². The number of hydrogen-bond acceptors (Lipinski definition) is 2. The Hall–Kier alpha value is -2.40. The van der Waals surface area contributed by atoms with E-state index in [4.69, 9.17) is 16.7 Å². The Morgan fingerprint density at radius 1 is 1.33 bits per heavy atom. The van der Waals surface area contributed by atoms with Gasteiger partial charge in [0.25, 0.3) is 0 Å². The lowest BCUT2D eigenvalue weighted by Gasteiger charge is -2.05. The molecule has 2 aromatic carbocycles. The molecule has 3 rings (SSSR count). The lowest BCUT2D eigenvalue weighted by molar-refractivity contribution is 0.0699. The highest BCUT2D eigenvalue weighted by molar-refractivity contribution is 6.30. The van der Waals surface area contributed by atoms with Gasteiger partial charge in [0.2, 0.25) is 0 Å². The van der Waals surface area contributed by atoms with Crippen LogP contribution in [0.2, 0.25) is 5.02 Å². The molecule has 0 aliphatic rings. The van der Waals surface area contributed by atoms with Crippen LogP contribution in [0.25, 0.3) is 10.9 Å². The van der Waals surface area contributed by atoms with Crippen molar-refractivity contribution in [3.8, 4) is 0 Å². The Morgan fingerprint density at radius 2 is 2.14 bits per heavy atom. The molecule has 21 heavy (non-hydrogen) atoms. The topological polar surface area (TPSA) is 55.1 Å². The summed E-state index contributed by atoms with van der Waals surface area (Å²) >= 11 is 5.76. The van der Waals surface area contributed by atoms with Crippen molar-refractivity contribution in [1.29, 1.82) is 0 Å². The van der Waals surface area contributed by atoms with Crippen molar-refractivity contribution in [2.75, 3.05) is 0 Å². The molecule has 0 saturated heterocycles. The number of carboxylic acids is 1. The third-order valence-corrected chi connectivity index (χ3v) is 3.52. The number of carboxylic acid groups (broad SMARTS) is 1. The minimum absolute atomic E-state index is 0.0511. The van der Waals surface area contributed by atoms with Crippen LogP contribution < -0.4 is 0 Å². The molecule has 0 aliphatic heterocycles. The number of carbonyl (C=O) groups is 1. The van der Waals surface area contributed by atoms with Crippen molar-refractivity contribution in [2.45, 2.75) is 6.54 Å². The van der Waals surface area contributed by atoms with Gasteiger partial charge >= 0.3 is 5.97 Å². The first-order valence-corrected chi connectivity index (χ1v) is 6.56. The molecule has 1 aromatic heterocycles. The number of fused-ring (bicyclic) bond motifs is 1. The van der Waals surface area contributed by atoms with Crippen LogP contribution in [-0.2, 0) is 6.54 Å². The fraction of sp³-hybridized carbons (Fsp3) is 0.0667. The first-order chi connectivity index (χ1) is 10.1. The molecular formula is C15H10ClFN2O2. The van der Waals surface area contributed by atoms with Crippen molar-refractivity contribution in [3.05, 3.63) is 64.6 Å². The van der Waals surface area contributed by atoms with Crippen LogP contribution in [0, 0.1) is 5.82 Å². The summed E-state index contributed by atoms with van der Waals surface area (Å²) in [6.07, 6.45) is 1.52. The van der Waals surface area contributed by atoms with Gasteiger partial charge in [0.1, 0.15) is 5.82 Å². The fourth-order valence-electron chi connectivity index (χ4n) is 2.23. The van der Waals surface area contributed by atoms with E-state index in [9.17, 15) is 9.18 Å². The van der Waals surface area contributed by atoms with E-state index in [1.807, 2.05) is 0 Å². The summed E-state index contributed by atoms with van der Waals surface area (Å²) in [5, 5.41) is 14.0. The van der Waals surface area contributed by atoms with Crippen LogP contribution in [-0.4, -0.2) is 20.9 Å². The second-order valence-corrected chi connectivity index (χ2v) is 5.00. The van der Waals surface area contributed by atoms with Crippen molar-refractivity contribution >= 4 is 28.5 Å². The van der Waals surface area contributed by atoms with Gasteiger partial charge in [-0.1, -0.05) is 23.7 Å².